The van der Waals surface area contributed by atoms with Crippen molar-refractivity contribution in [1.29, 1.82) is 0 Å². The Kier molecular flexibility index (Phi) is 3.40. The van der Waals surface area contributed by atoms with Crippen LogP contribution in [0.15, 0.2) is 0 Å². The summed E-state index contributed by atoms with van der Waals surface area (Å²) in [6.45, 7) is 2.81. The first-order chi connectivity index (χ1) is 8.88. The van der Waals surface area contributed by atoms with E-state index in [1.165, 1.54) is 0 Å². The number of hydrogen-bond acceptors (Lipinski definition) is 6. The number of fused-ring (bicyclic) bond motifs is 1. The average molecular weight is 250 g/mol. The van der Waals surface area contributed by atoms with Crippen molar-refractivity contribution in [2.75, 3.05) is 25.2 Å². The molecule has 0 aromatic carbocycles. The summed E-state index contributed by atoms with van der Waals surface area (Å²) in [6.07, 6.45) is 2.98. The van der Waals surface area contributed by atoms with Crippen molar-refractivity contribution in [2.45, 2.75) is 31.8 Å². The Balaban J connectivity index is 1.94. The number of nitrogens with zero attached hydrogens (tertiary/aromatic N) is 2. The minimum atomic E-state index is 0.291. The normalized spacial score (nSPS) is 23.5. The molecule has 2 aliphatic rings. The predicted octanol–water partition coefficient (Wildman–Crippen LogP) is 0.729. The first-order valence-electron chi connectivity index (χ1n) is 6.40. The van der Waals surface area contributed by atoms with Crippen LogP contribution in [0.2, 0.25) is 0 Å². The Morgan fingerprint density at radius 1 is 1.22 bits per heavy atom. The number of nitrogens with two attached hydrogens (primary N) is 1. The molecule has 1 saturated heterocycles. The van der Waals surface area contributed by atoms with Gasteiger partial charge >= 0.3 is 0 Å². The van der Waals surface area contributed by atoms with Gasteiger partial charge in [0, 0.05) is 24.5 Å². The fourth-order valence-electron chi connectivity index (χ4n) is 2.50. The third-order valence-electron chi connectivity index (χ3n) is 3.50. The molecule has 6 heteroatoms. The molecule has 18 heavy (non-hydrogen) atoms. The highest BCUT2D eigenvalue weighted by Gasteiger charge is 2.23. The summed E-state index contributed by atoms with van der Waals surface area (Å²) in [4.78, 5) is 9.20. The van der Waals surface area contributed by atoms with E-state index in [-0.39, 0.29) is 0 Å². The number of hydrazine groups is 1. The largest absolute Gasteiger partial charge is 0.381 e. The zero-order chi connectivity index (χ0) is 12.4. The van der Waals surface area contributed by atoms with Gasteiger partial charge < -0.3 is 14.9 Å². The molecule has 6 nitrogen and oxygen atoms in total. The number of rotatable bonds is 2. The summed E-state index contributed by atoms with van der Waals surface area (Å²) < 4.78 is 10.9. The Morgan fingerprint density at radius 3 is 2.94 bits per heavy atom. The monoisotopic (exact) mass is 250 g/mol. The third-order valence-corrected chi connectivity index (χ3v) is 3.50. The highest BCUT2D eigenvalue weighted by atomic mass is 16.5. The minimum absolute atomic E-state index is 0.291. The van der Waals surface area contributed by atoms with Crippen LogP contribution >= 0.6 is 0 Å². The van der Waals surface area contributed by atoms with Gasteiger partial charge in [-0.15, -0.1) is 0 Å². The predicted molar refractivity (Wildman–Crippen MR) is 66.0 cm³/mol. The SMILES string of the molecule is NNc1nc(C2CCCOC2)nc2c1COCC2. The highest BCUT2D eigenvalue weighted by Crippen LogP contribution is 2.27. The van der Waals surface area contributed by atoms with Crippen molar-refractivity contribution in [3.63, 3.8) is 0 Å². The van der Waals surface area contributed by atoms with E-state index in [0.717, 1.165) is 43.0 Å². The topological polar surface area (TPSA) is 82.3 Å². The third kappa shape index (κ3) is 2.19. The highest BCUT2D eigenvalue weighted by molar-refractivity contribution is 5.46. The van der Waals surface area contributed by atoms with Crippen LogP contribution in [-0.4, -0.2) is 29.8 Å². The molecular weight excluding hydrogens is 232 g/mol. The van der Waals surface area contributed by atoms with Crippen molar-refractivity contribution in [2.24, 2.45) is 5.84 Å². The van der Waals surface area contributed by atoms with E-state index in [9.17, 15) is 0 Å². The molecule has 98 valence electrons. The molecule has 1 fully saturated rings. The molecule has 3 rings (SSSR count). The van der Waals surface area contributed by atoms with Crippen LogP contribution in [-0.2, 0) is 22.5 Å². The number of aromatic nitrogens is 2. The summed E-state index contributed by atoms with van der Waals surface area (Å²) in [5.74, 6) is 7.38. The van der Waals surface area contributed by atoms with Gasteiger partial charge in [-0.2, -0.15) is 0 Å². The maximum atomic E-state index is 5.55. The molecule has 0 saturated carbocycles. The molecule has 1 unspecified atom stereocenters. The maximum absolute atomic E-state index is 5.55. The molecule has 0 aliphatic carbocycles. The molecule has 0 bridgehead atoms. The standard InChI is InChI=1S/C12H18N4O2/c13-16-12-9-7-18-5-3-10(9)14-11(15-12)8-2-1-4-17-6-8/h8H,1-7,13H2,(H,14,15,16). The van der Waals surface area contributed by atoms with Crippen molar-refractivity contribution >= 4 is 5.82 Å². The summed E-state index contributed by atoms with van der Waals surface area (Å²) in [6, 6.07) is 0. The summed E-state index contributed by atoms with van der Waals surface area (Å²) in [7, 11) is 0. The lowest BCUT2D eigenvalue weighted by atomic mass is 10.0. The van der Waals surface area contributed by atoms with E-state index in [0.29, 0.717) is 31.6 Å². The van der Waals surface area contributed by atoms with Crippen LogP contribution in [0.3, 0.4) is 0 Å². The molecular formula is C12H18N4O2. The zero-order valence-corrected chi connectivity index (χ0v) is 10.3. The Bertz CT molecular complexity index is 415. The fraction of sp³-hybridized carbons (Fsp3) is 0.667. The lowest BCUT2D eigenvalue weighted by Gasteiger charge is -2.24. The summed E-state index contributed by atoms with van der Waals surface area (Å²) >= 11 is 0. The van der Waals surface area contributed by atoms with E-state index >= 15 is 0 Å². The van der Waals surface area contributed by atoms with E-state index in [1.807, 2.05) is 0 Å². The van der Waals surface area contributed by atoms with Gasteiger partial charge in [-0.1, -0.05) is 0 Å². The molecule has 0 amide bonds. The Hall–Kier alpha value is -1.24. The van der Waals surface area contributed by atoms with E-state index < -0.39 is 0 Å². The number of hydrogen-bond donors (Lipinski definition) is 2. The van der Waals surface area contributed by atoms with Gasteiger partial charge in [0.25, 0.3) is 0 Å². The smallest absolute Gasteiger partial charge is 0.149 e. The molecule has 1 atom stereocenters. The molecule has 2 aliphatic heterocycles. The van der Waals surface area contributed by atoms with Gasteiger partial charge in [0.15, 0.2) is 0 Å². The number of anilines is 1. The lowest BCUT2D eigenvalue weighted by Crippen LogP contribution is -2.24. The lowest BCUT2D eigenvalue weighted by molar-refractivity contribution is 0.0774. The zero-order valence-electron chi connectivity index (χ0n) is 10.3. The van der Waals surface area contributed by atoms with Crippen LogP contribution in [0.1, 0.15) is 35.8 Å². The number of nitrogen functional groups attached to an aromatic ring is 1. The quantitative estimate of drug-likeness (QED) is 0.595. The van der Waals surface area contributed by atoms with E-state index in [2.05, 4.69) is 15.4 Å². The van der Waals surface area contributed by atoms with Gasteiger partial charge in [0.1, 0.15) is 11.6 Å². The van der Waals surface area contributed by atoms with Gasteiger partial charge in [0.05, 0.1) is 25.5 Å². The van der Waals surface area contributed by atoms with Crippen molar-refractivity contribution in [1.82, 2.24) is 9.97 Å². The van der Waals surface area contributed by atoms with Crippen LogP contribution in [0.25, 0.3) is 0 Å². The van der Waals surface area contributed by atoms with Gasteiger partial charge in [-0.25, -0.2) is 15.8 Å². The van der Waals surface area contributed by atoms with Gasteiger partial charge in [-0.3, -0.25) is 0 Å². The molecule has 1 aromatic rings. The van der Waals surface area contributed by atoms with E-state index in [4.69, 9.17) is 15.3 Å². The summed E-state index contributed by atoms with van der Waals surface area (Å²) in [5.41, 5.74) is 4.71. The van der Waals surface area contributed by atoms with Crippen molar-refractivity contribution < 1.29 is 9.47 Å². The van der Waals surface area contributed by atoms with Crippen LogP contribution in [0.4, 0.5) is 5.82 Å². The van der Waals surface area contributed by atoms with Crippen LogP contribution in [0, 0.1) is 0 Å². The first kappa shape index (κ1) is 11.8. The second-order valence-electron chi connectivity index (χ2n) is 4.72. The minimum Gasteiger partial charge on any atom is -0.381 e. The second-order valence-corrected chi connectivity index (χ2v) is 4.72. The molecule has 0 spiro atoms. The fourth-order valence-corrected chi connectivity index (χ4v) is 2.50. The molecule has 0 radical (unpaired) electrons. The van der Waals surface area contributed by atoms with Gasteiger partial charge in [-0.05, 0) is 12.8 Å². The van der Waals surface area contributed by atoms with Crippen LogP contribution in [0.5, 0.6) is 0 Å². The first-order valence-corrected chi connectivity index (χ1v) is 6.40. The van der Waals surface area contributed by atoms with Crippen LogP contribution < -0.4 is 11.3 Å². The number of ether oxygens (including phenoxy) is 2. The average Bonchev–Trinajstić information content (AvgIpc) is 2.47. The maximum Gasteiger partial charge on any atom is 0.149 e. The van der Waals surface area contributed by atoms with Crippen molar-refractivity contribution in [3.8, 4) is 0 Å². The summed E-state index contributed by atoms with van der Waals surface area (Å²) in [5, 5.41) is 0. The number of nitrogens with one attached hydrogen (secondary N) is 1. The molecule has 3 heterocycles. The Labute approximate surface area is 106 Å². The van der Waals surface area contributed by atoms with Crippen molar-refractivity contribution in [3.05, 3.63) is 17.1 Å². The molecule has 1 aromatic heterocycles. The van der Waals surface area contributed by atoms with Gasteiger partial charge in [0.2, 0.25) is 0 Å². The van der Waals surface area contributed by atoms with E-state index in [1.54, 1.807) is 0 Å². The second kappa shape index (κ2) is 5.17. The Morgan fingerprint density at radius 2 is 2.17 bits per heavy atom. The molecule has 3 N–H and O–H groups in total.